The third-order valence-corrected chi connectivity index (χ3v) is 4.69. The quantitative estimate of drug-likeness (QED) is 0.912. The van der Waals surface area contributed by atoms with E-state index in [2.05, 4.69) is 11.0 Å². The van der Waals surface area contributed by atoms with Crippen LogP contribution in [0.15, 0.2) is 42.5 Å². The Morgan fingerprint density at radius 1 is 1.26 bits per heavy atom. The molecule has 3 nitrogen and oxygen atoms in total. The largest absolute Gasteiger partial charge is 0.394 e. The van der Waals surface area contributed by atoms with Gasteiger partial charge in [0.15, 0.2) is 0 Å². The third-order valence-electron chi connectivity index (χ3n) is 4.69. The molecule has 0 saturated heterocycles. The van der Waals surface area contributed by atoms with Crippen LogP contribution >= 0.6 is 0 Å². The number of nitrogens with zero attached hydrogens (tertiary/aromatic N) is 1. The first kappa shape index (κ1) is 16.1. The first-order valence-electron chi connectivity index (χ1n) is 7.97. The van der Waals surface area contributed by atoms with Crippen LogP contribution in [0.4, 0.5) is 4.39 Å². The van der Waals surface area contributed by atoms with E-state index in [1.807, 2.05) is 18.2 Å². The fourth-order valence-electron chi connectivity index (χ4n) is 3.47. The van der Waals surface area contributed by atoms with Gasteiger partial charge in [-0.15, -0.1) is 0 Å². The highest BCUT2D eigenvalue weighted by atomic mass is 19.1. The summed E-state index contributed by atoms with van der Waals surface area (Å²) in [6, 6.07) is 12.5. The first-order valence-corrected chi connectivity index (χ1v) is 7.97. The van der Waals surface area contributed by atoms with Crippen LogP contribution in [0, 0.1) is 12.7 Å². The predicted molar refractivity (Wildman–Crippen MR) is 87.6 cm³/mol. The lowest BCUT2D eigenvalue weighted by Crippen LogP contribution is -2.39. The molecule has 23 heavy (non-hydrogen) atoms. The van der Waals surface area contributed by atoms with Gasteiger partial charge < -0.3 is 10.2 Å². The maximum Gasteiger partial charge on any atom is 0.123 e. The Balaban J connectivity index is 1.79. The van der Waals surface area contributed by atoms with Crippen LogP contribution in [0.5, 0.6) is 0 Å². The van der Waals surface area contributed by atoms with Crippen LogP contribution < -0.4 is 0 Å². The molecule has 0 amide bonds. The van der Waals surface area contributed by atoms with Crippen molar-refractivity contribution in [3.05, 3.63) is 70.5 Å². The monoisotopic (exact) mass is 315 g/mol. The molecule has 1 aliphatic rings. The van der Waals surface area contributed by atoms with Crippen LogP contribution in [-0.2, 0) is 6.42 Å². The number of β-amino-alcohol motifs (C(OH)–C–C–N with tert-alkyl or cyclic N) is 1. The predicted octanol–water partition coefficient (Wildman–Crippen LogP) is 2.76. The summed E-state index contributed by atoms with van der Waals surface area (Å²) >= 11 is 0. The van der Waals surface area contributed by atoms with Crippen molar-refractivity contribution in [3.8, 4) is 0 Å². The van der Waals surface area contributed by atoms with Gasteiger partial charge in [-0.05, 0) is 47.7 Å². The minimum atomic E-state index is -0.699. The Bertz CT molecular complexity index is 689. The van der Waals surface area contributed by atoms with Gasteiger partial charge in [-0.25, -0.2) is 4.39 Å². The van der Waals surface area contributed by atoms with E-state index in [1.54, 1.807) is 13.0 Å². The Labute approximate surface area is 136 Å². The molecule has 1 heterocycles. The molecule has 2 aromatic carbocycles. The van der Waals surface area contributed by atoms with Crippen molar-refractivity contribution >= 4 is 0 Å². The number of rotatable bonds is 4. The van der Waals surface area contributed by atoms with Crippen molar-refractivity contribution in [2.24, 2.45) is 0 Å². The van der Waals surface area contributed by atoms with Gasteiger partial charge in [-0.1, -0.05) is 30.3 Å². The molecule has 0 saturated carbocycles. The highest BCUT2D eigenvalue weighted by molar-refractivity contribution is 5.33. The van der Waals surface area contributed by atoms with E-state index >= 15 is 0 Å². The molecule has 2 aromatic rings. The maximum absolute atomic E-state index is 13.2. The molecule has 0 bridgehead atoms. The minimum absolute atomic E-state index is 0.0200. The summed E-state index contributed by atoms with van der Waals surface area (Å²) < 4.78 is 13.2. The lowest BCUT2D eigenvalue weighted by Gasteiger charge is -2.37. The number of aryl methyl sites for hydroxylation is 1. The summed E-state index contributed by atoms with van der Waals surface area (Å²) in [5.74, 6) is -0.293. The summed E-state index contributed by atoms with van der Waals surface area (Å²) in [6.45, 7) is 3.04. The summed E-state index contributed by atoms with van der Waals surface area (Å²) in [4.78, 5) is 2.11. The molecular weight excluding hydrogens is 293 g/mol. The number of fused-ring (bicyclic) bond motifs is 1. The zero-order valence-corrected chi connectivity index (χ0v) is 13.2. The van der Waals surface area contributed by atoms with Gasteiger partial charge in [0.1, 0.15) is 5.82 Å². The van der Waals surface area contributed by atoms with Crippen molar-refractivity contribution in [1.82, 2.24) is 4.90 Å². The summed E-state index contributed by atoms with van der Waals surface area (Å²) in [7, 11) is 0. The minimum Gasteiger partial charge on any atom is -0.394 e. The van der Waals surface area contributed by atoms with Gasteiger partial charge in [0.2, 0.25) is 0 Å². The molecule has 4 heteroatoms. The van der Waals surface area contributed by atoms with E-state index in [0.29, 0.717) is 6.54 Å². The van der Waals surface area contributed by atoms with Crippen molar-refractivity contribution < 1.29 is 14.6 Å². The number of hydrogen-bond acceptors (Lipinski definition) is 3. The van der Waals surface area contributed by atoms with Gasteiger partial charge >= 0.3 is 0 Å². The third kappa shape index (κ3) is 3.29. The lowest BCUT2D eigenvalue weighted by molar-refractivity contribution is 0.0559. The number of aliphatic hydroxyl groups excluding tert-OH is 2. The molecule has 0 aromatic heterocycles. The highest BCUT2D eigenvalue weighted by Crippen LogP contribution is 2.31. The summed E-state index contributed by atoms with van der Waals surface area (Å²) in [5, 5.41) is 20.4. The van der Waals surface area contributed by atoms with E-state index in [-0.39, 0.29) is 18.5 Å². The van der Waals surface area contributed by atoms with Gasteiger partial charge in [0, 0.05) is 13.1 Å². The Morgan fingerprint density at radius 3 is 2.78 bits per heavy atom. The topological polar surface area (TPSA) is 43.7 Å². The Hall–Kier alpha value is -1.75. The van der Waals surface area contributed by atoms with Crippen molar-refractivity contribution in [2.45, 2.75) is 25.5 Å². The van der Waals surface area contributed by atoms with Gasteiger partial charge in [-0.3, -0.25) is 4.90 Å². The number of benzene rings is 2. The fraction of sp³-hybridized carbons (Fsp3) is 0.368. The van der Waals surface area contributed by atoms with Crippen LogP contribution in [0.2, 0.25) is 0 Å². The zero-order valence-electron chi connectivity index (χ0n) is 13.2. The molecule has 122 valence electrons. The molecule has 0 spiro atoms. The highest BCUT2D eigenvalue weighted by Gasteiger charge is 2.28. The number of halogens is 1. The smallest absolute Gasteiger partial charge is 0.123 e. The van der Waals surface area contributed by atoms with Gasteiger partial charge in [0.05, 0.1) is 18.8 Å². The van der Waals surface area contributed by atoms with Gasteiger partial charge in [0.25, 0.3) is 0 Å². The fourth-order valence-corrected chi connectivity index (χ4v) is 3.47. The van der Waals surface area contributed by atoms with Crippen LogP contribution in [-0.4, -0.2) is 34.8 Å². The molecule has 3 rings (SSSR count). The number of aliphatic hydroxyl groups is 2. The van der Waals surface area contributed by atoms with Crippen LogP contribution in [0.1, 0.15) is 34.4 Å². The van der Waals surface area contributed by atoms with Gasteiger partial charge in [-0.2, -0.15) is 0 Å². The molecule has 0 radical (unpaired) electrons. The summed E-state index contributed by atoms with van der Waals surface area (Å²) in [5.41, 5.74) is 3.87. The summed E-state index contributed by atoms with van der Waals surface area (Å²) in [6.07, 6.45) is 0.205. The molecule has 2 N–H and O–H groups in total. The van der Waals surface area contributed by atoms with Crippen molar-refractivity contribution in [3.63, 3.8) is 0 Å². The molecular formula is C19H22FNO2. The Kier molecular flexibility index (Phi) is 4.76. The molecule has 1 aliphatic heterocycles. The van der Waals surface area contributed by atoms with E-state index in [0.717, 1.165) is 29.7 Å². The normalized spacial score (nSPS) is 19.4. The standard InChI is InChI=1S/C19H22FNO2/c1-13-10-15(20)6-7-16(13)19(23)11-21-9-8-14-4-2-3-5-17(14)18(21)12-22/h2-7,10,18-19,22-23H,8-9,11-12H2,1H3. The van der Waals surface area contributed by atoms with Crippen LogP contribution in [0.3, 0.4) is 0 Å². The maximum atomic E-state index is 13.2. The Morgan fingerprint density at radius 2 is 2.04 bits per heavy atom. The van der Waals surface area contributed by atoms with Crippen LogP contribution in [0.25, 0.3) is 0 Å². The average molecular weight is 315 g/mol. The van der Waals surface area contributed by atoms with E-state index in [9.17, 15) is 14.6 Å². The van der Waals surface area contributed by atoms with E-state index < -0.39 is 6.10 Å². The molecule has 2 atom stereocenters. The second kappa shape index (κ2) is 6.79. The van der Waals surface area contributed by atoms with E-state index in [4.69, 9.17) is 0 Å². The average Bonchev–Trinajstić information content (AvgIpc) is 2.54. The SMILES string of the molecule is Cc1cc(F)ccc1C(O)CN1CCc2ccccc2C1CO. The second-order valence-corrected chi connectivity index (χ2v) is 6.16. The molecule has 2 unspecified atom stereocenters. The molecule has 0 fully saturated rings. The lowest BCUT2D eigenvalue weighted by atomic mass is 9.92. The van der Waals surface area contributed by atoms with Crippen molar-refractivity contribution in [1.29, 1.82) is 0 Å². The molecule has 0 aliphatic carbocycles. The van der Waals surface area contributed by atoms with Crippen molar-refractivity contribution in [2.75, 3.05) is 19.7 Å². The second-order valence-electron chi connectivity index (χ2n) is 6.16. The zero-order chi connectivity index (χ0) is 16.4. The first-order chi connectivity index (χ1) is 11.1. The number of hydrogen-bond donors (Lipinski definition) is 2. The van der Waals surface area contributed by atoms with E-state index in [1.165, 1.54) is 17.7 Å².